The Hall–Kier alpha value is -1.07. The number of thiophene rings is 1. The van der Waals surface area contributed by atoms with Gasteiger partial charge in [0.05, 0.1) is 6.04 Å². The van der Waals surface area contributed by atoms with Crippen LogP contribution in [0.3, 0.4) is 0 Å². The van der Waals surface area contributed by atoms with Gasteiger partial charge in [0.2, 0.25) is 5.89 Å². The molecule has 0 aliphatic heterocycles. The Labute approximate surface area is 109 Å². The zero-order chi connectivity index (χ0) is 12.1. The smallest absolute Gasteiger partial charge is 0.316 e. The quantitative estimate of drug-likeness (QED) is 0.812. The van der Waals surface area contributed by atoms with Crippen LogP contribution in [0.4, 0.5) is 6.01 Å². The van der Waals surface area contributed by atoms with Gasteiger partial charge in [0.25, 0.3) is 0 Å². The minimum atomic E-state index is 0.226. The lowest BCUT2D eigenvalue weighted by atomic mass is 10.1. The van der Waals surface area contributed by atoms with Crippen LogP contribution in [0.2, 0.25) is 0 Å². The standard InChI is InChI=1S/C11H14ClN3OS/c1-2-4-8(9-5-3-6-17-9)13-11-15-14-10(7-12)16-11/h3,5-6,8H,2,4,7H2,1H3,(H,13,15). The first-order chi connectivity index (χ1) is 8.33. The van der Waals surface area contributed by atoms with E-state index in [0.29, 0.717) is 11.9 Å². The third kappa shape index (κ3) is 3.20. The van der Waals surface area contributed by atoms with E-state index in [1.54, 1.807) is 11.3 Å². The SMILES string of the molecule is CCCC(Nc1nnc(CCl)o1)c1cccs1. The summed E-state index contributed by atoms with van der Waals surface area (Å²) in [6.45, 7) is 2.15. The summed E-state index contributed by atoms with van der Waals surface area (Å²) in [4.78, 5) is 1.28. The van der Waals surface area contributed by atoms with Crippen molar-refractivity contribution in [1.29, 1.82) is 0 Å². The Morgan fingerprint density at radius 2 is 2.41 bits per heavy atom. The monoisotopic (exact) mass is 271 g/mol. The normalized spacial score (nSPS) is 12.6. The number of hydrogen-bond acceptors (Lipinski definition) is 5. The molecule has 0 aromatic carbocycles. The van der Waals surface area contributed by atoms with Gasteiger partial charge in [0.15, 0.2) is 0 Å². The lowest BCUT2D eigenvalue weighted by Gasteiger charge is -2.14. The first-order valence-corrected chi connectivity index (χ1v) is 6.93. The van der Waals surface area contributed by atoms with Crippen LogP contribution in [0.25, 0.3) is 0 Å². The summed E-state index contributed by atoms with van der Waals surface area (Å²) >= 11 is 7.34. The molecule has 2 aromatic rings. The lowest BCUT2D eigenvalue weighted by Crippen LogP contribution is -2.09. The molecule has 0 bridgehead atoms. The van der Waals surface area contributed by atoms with Crippen molar-refractivity contribution in [3.63, 3.8) is 0 Å². The van der Waals surface area contributed by atoms with E-state index in [2.05, 4.69) is 33.9 Å². The molecular formula is C11H14ClN3OS. The van der Waals surface area contributed by atoms with Crippen molar-refractivity contribution in [2.24, 2.45) is 0 Å². The number of rotatable bonds is 6. The van der Waals surface area contributed by atoms with Crippen LogP contribution in [0.1, 0.15) is 36.6 Å². The summed E-state index contributed by atoms with van der Waals surface area (Å²) in [6.07, 6.45) is 2.12. The van der Waals surface area contributed by atoms with Gasteiger partial charge < -0.3 is 9.73 Å². The molecule has 1 N–H and O–H groups in total. The highest BCUT2D eigenvalue weighted by molar-refractivity contribution is 7.10. The van der Waals surface area contributed by atoms with Crippen molar-refractivity contribution in [2.45, 2.75) is 31.7 Å². The third-order valence-corrected chi connectivity index (χ3v) is 3.56. The molecule has 0 fully saturated rings. The van der Waals surface area contributed by atoms with E-state index in [-0.39, 0.29) is 11.9 Å². The molecule has 0 amide bonds. The number of nitrogens with one attached hydrogen (secondary N) is 1. The van der Waals surface area contributed by atoms with Crippen molar-refractivity contribution in [3.05, 3.63) is 28.3 Å². The molecule has 0 aliphatic carbocycles. The maximum Gasteiger partial charge on any atom is 0.316 e. The van der Waals surface area contributed by atoms with Crippen LogP contribution in [0.15, 0.2) is 21.9 Å². The highest BCUT2D eigenvalue weighted by atomic mass is 35.5. The van der Waals surface area contributed by atoms with Gasteiger partial charge in [-0.2, -0.15) is 0 Å². The second kappa shape index (κ2) is 6.02. The summed E-state index contributed by atoms with van der Waals surface area (Å²) in [6, 6.07) is 4.82. The summed E-state index contributed by atoms with van der Waals surface area (Å²) in [5.41, 5.74) is 0. The maximum absolute atomic E-state index is 5.62. The van der Waals surface area contributed by atoms with Gasteiger partial charge in [-0.3, -0.25) is 0 Å². The largest absolute Gasteiger partial charge is 0.407 e. The minimum absolute atomic E-state index is 0.226. The fourth-order valence-corrected chi connectivity index (χ4v) is 2.50. The molecule has 2 aromatic heterocycles. The van der Waals surface area contributed by atoms with Gasteiger partial charge in [-0.1, -0.05) is 24.5 Å². The van der Waals surface area contributed by atoms with Crippen molar-refractivity contribution in [1.82, 2.24) is 10.2 Å². The van der Waals surface area contributed by atoms with Gasteiger partial charge in [-0.05, 0) is 17.9 Å². The van der Waals surface area contributed by atoms with Gasteiger partial charge in [0, 0.05) is 4.88 Å². The molecule has 0 aliphatic rings. The molecule has 1 atom stereocenters. The number of halogens is 1. The Morgan fingerprint density at radius 3 is 3.00 bits per heavy atom. The Bertz CT molecular complexity index is 443. The molecular weight excluding hydrogens is 258 g/mol. The van der Waals surface area contributed by atoms with E-state index < -0.39 is 0 Å². The molecule has 2 rings (SSSR count). The molecule has 17 heavy (non-hydrogen) atoms. The van der Waals surface area contributed by atoms with Crippen LogP contribution < -0.4 is 5.32 Å². The predicted molar refractivity (Wildman–Crippen MR) is 69.4 cm³/mol. The molecule has 4 nitrogen and oxygen atoms in total. The number of anilines is 1. The maximum atomic E-state index is 5.62. The molecule has 92 valence electrons. The molecule has 0 radical (unpaired) electrons. The number of nitrogens with zero attached hydrogens (tertiary/aromatic N) is 2. The predicted octanol–water partition coefficient (Wildman–Crippen LogP) is 3.82. The summed E-state index contributed by atoms with van der Waals surface area (Å²) in [5.74, 6) is 0.683. The van der Waals surface area contributed by atoms with Gasteiger partial charge in [-0.15, -0.1) is 28.0 Å². The zero-order valence-electron chi connectivity index (χ0n) is 9.52. The fraction of sp³-hybridized carbons (Fsp3) is 0.455. The third-order valence-electron chi connectivity index (χ3n) is 2.34. The van der Waals surface area contributed by atoms with E-state index >= 15 is 0 Å². The van der Waals surface area contributed by atoms with Crippen LogP contribution in [-0.2, 0) is 5.88 Å². The van der Waals surface area contributed by atoms with Gasteiger partial charge in [0.1, 0.15) is 5.88 Å². The van der Waals surface area contributed by atoms with Crippen LogP contribution in [0.5, 0.6) is 0 Å². The number of aromatic nitrogens is 2. The van der Waals surface area contributed by atoms with E-state index in [1.807, 2.05) is 6.07 Å². The average molecular weight is 272 g/mol. The van der Waals surface area contributed by atoms with Gasteiger partial charge in [-0.25, -0.2) is 0 Å². The second-order valence-corrected chi connectivity index (χ2v) is 4.88. The Balaban J connectivity index is 2.07. The van der Waals surface area contributed by atoms with E-state index in [9.17, 15) is 0 Å². The molecule has 2 heterocycles. The molecule has 0 spiro atoms. The van der Waals surface area contributed by atoms with Crippen LogP contribution >= 0.6 is 22.9 Å². The fourth-order valence-electron chi connectivity index (χ4n) is 1.58. The highest BCUT2D eigenvalue weighted by Gasteiger charge is 2.14. The van der Waals surface area contributed by atoms with E-state index in [0.717, 1.165) is 12.8 Å². The highest BCUT2D eigenvalue weighted by Crippen LogP contribution is 2.26. The van der Waals surface area contributed by atoms with Crippen molar-refractivity contribution >= 4 is 29.0 Å². The minimum Gasteiger partial charge on any atom is -0.407 e. The van der Waals surface area contributed by atoms with E-state index in [4.69, 9.17) is 16.0 Å². The summed E-state index contributed by atoms with van der Waals surface area (Å²) in [5, 5.41) is 13.0. The second-order valence-electron chi connectivity index (χ2n) is 3.64. The summed E-state index contributed by atoms with van der Waals surface area (Å²) < 4.78 is 5.35. The molecule has 0 saturated carbocycles. The molecule has 6 heteroatoms. The average Bonchev–Trinajstić information content (AvgIpc) is 2.99. The van der Waals surface area contributed by atoms with Crippen LogP contribution in [-0.4, -0.2) is 10.2 Å². The first-order valence-electron chi connectivity index (χ1n) is 5.51. The van der Waals surface area contributed by atoms with Gasteiger partial charge >= 0.3 is 6.01 Å². The van der Waals surface area contributed by atoms with Crippen molar-refractivity contribution in [3.8, 4) is 0 Å². The lowest BCUT2D eigenvalue weighted by molar-refractivity contribution is 0.514. The van der Waals surface area contributed by atoms with E-state index in [1.165, 1.54) is 4.88 Å². The molecule has 1 unspecified atom stereocenters. The molecule has 0 saturated heterocycles. The Morgan fingerprint density at radius 1 is 1.53 bits per heavy atom. The Kier molecular flexibility index (Phi) is 4.39. The first kappa shape index (κ1) is 12.4. The summed E-state index contributed by atoms with van der Waals surface area (Å²) in [7, 11) is 0. The number of hydrogen-bond donors (Lipinski definition) is 1. The van der Waals surface area contributed by atoms with Crippen molar-refractivity contribution < 1.29 is 4.42 Å². The van der Waals surface area contributed by atoms with Crippen molar-refractivity contribution in [2.75, 3.05) is 5.32 Å². The zero-order valence-corrected chi connectivity index (χ0v) is 11.1. The topological polar surface area (TPSA) is 51.0 Å². The number of alkyl halides is 1. The van der Waals surface area contributed by atoms with Crippen LogP contribution in [0, 0.1) is 0 Å².